The number of nitrogens with one attached hydrogen (secondary N) is 1. The van der Waals surface area contributed by atoms with Crippen LogP contribution in [-0.2, 0) is 17.8 Å². The number of piperidine rings is 1. The zero-order chi connectivity index (χ0) is 22.8. The predicted molar refractivity (Wildman–Crippen MR) is 131 cm³/mol. The molecule has 0 aliphatic carbocycles. The van der Waals surface area contributed by atoms with Crippen molar-refractivity contribution in [2.45, 2.75) is 32.7 Å². The molecule has 170 valence electrons. The highest BCUT2D eigenvalue weighted by Crippen LogP contribution is 2.27. The van der Waals surface area contributed by atoms with Gasteiger partial charge in [0.2, 0.25) is 5.91 Å². The lowest BCUT2D eigenvalue weighted by Gasteiger charge is -2.36. The van der Waals surface area contributed by atoms with Gasteiger partial charge in [0.05, 0.1) is 0 Å². The normalized spacial score (nSPS) is 16.4. The molecule has 0 radical (unpaired) electrons. The predicted octanol–water partition coefficient (Wildman–Crippen LogP) is 4.63. The summed E-state index contributed by atoms with van der Waals surface area (Å²) in [5.74, 6) is 0.171. The van der Waals surface area contributed by atoms with Crippen LogP contribution in [0.4, 0.5) is 10.8 Å². The van der Waals surface area contributed by atoms with Gasteiger partial charge in [0.1, 0.15) is 5.69 Å². The maximum absolute atomic E-state index is 13.1. The Balaban J connectivity index is 1.15. The number of hydrogen-bond donors (Lipinski definition) is 1. The van der Waals surface area contributed by atoms with Gasteiger partial charge in [-0.1, -0.05) is 42.0 Å². The topological polar surface area (TPSA) is 65.5 Å². The van der Waals surface area contributed by atoms with Crippen molar-refractivity contribution < 1.29 is 9.59 Å². The van der Waals surface area contributed by atoms with Crippen LogP contribution in [0.15, 0.2) is 53.9 Å². The Bertz CT molecular complexity index is 1150. The second-order valence-corrected chi connectivity index (χ2v) is 9.73. The van der Waals surface area contributed by atoms with Gasteiger partial charge in [-0.15, -0.1) is 11.3 Å². The highest BCUT2D eigenvalue weighted by atomic mass is 32.1. The largest absolute Gasteiger partial charge is 0.338 e. The SMILES string of the molecule is Cc1ccc(Nc2nc(C(=O)N3CCC(C(=O)N4CCc5ccccc5C4)CC3)cs2)cc1. The third-order valence-corrected chi connectivity index (χ3v) is 7.36. The molecule has 0 atom stereocenters. The molecule has 7 heteroatoms. The summed E-state index contributed by atoms with van der Waals surface area (Å²) in [5, 5.41) is 5.77. The van der Waals surface area contributed by atoms with E-state index in [0.29, 0.717) is 43.3 Å². The summed E-state index contributed by atoms with van der Waals surface area (Å²) < 4.78 is 0. The van der Waals surface area contributed by atoms with Crippen LogP contribution in [0.25, 0.3) is 0 Å². The molecule has 0 unspecified atom stereocenters. The molecule has 1 N–H and O–H groups in total. The second kappa shape index (κ2) is 9.35. The third kappa shape index (κ3) is 4.78. The van der Waals surface area contributed by atoms with Crippen LogP contribution in [0.2, 0.25) is 0 Å². The molecule has 2 amide bonds. The van der Waals surface area contributed by atoms with Gasteiger partial charge >= 0.3 is 0 Å². The molecule has 0 spiro atoms. The third-order valence-electron chi connectivity index (χ3n) is 6.60. The molecule has 33 heavy (non-hydrogen) atoms. The van der Waals surface area contributed by atoms with Crippen molar-refractivity contribution in [2.75, 3.05) is 25.0 Å². The Kier molecular flexibility index (Phi) is 6.13. The Morgan fingerprint density at radius 3 is 2.45 bits per heavy atom. The van der Waals surface area contributed by atoms with Crippen LogP contribution < -0.4 is 5.32 Å². The Labute approximate surface area is 198 Å². The zero-order valence-electron chi connectivity index (χ0n) is 18.8. The molecule has 3 aromatic rings. The quantitative estimate of drug-likeness (QED) is 0.616. The van der Waals surface area contributed by atoms with E-state index in [1.54, 1.807) is 5.38 Å². The van der Waals surface area contributed by atoms with E-state index < -0.39 is 0 Å². The van der Waals surface area contributed by atoms with Crippen LogP contribution in [0.5, 0.6) is 0 Å². The van der Waals surface area contributed by atoms with Crippen molar-refractivity contribution in [2.24, 2.45) is 5.92 Å². The monoisotopic (exact) mass is 460 g/mol. The van der Waals surface area contributed by atoms with Crippen LogP contribution in [0.3, 0.4) is 0 Å². The van der Waals surface area contributed by atoms with Crippen molar-refractivity contribution in [3.8, 4) is 0 Å². The van der Waals surface area contributed by atoms with Crippen molar-refractivity contribution in [3.63, 3.8) is 0 Å². The Morgan fingerprint density at radius 2 is 1.70 bits per heavy atom. The number of aromatic nitrogens is 1. The van der Waals surface area contributed by atoms with Crippen LogP contribution in [-0.4, -0.2) is 46.2 Å². The molecular weight excluding hydrogens is 432 g/mol. The minimum absolute atomic E-state index is 0.00601. The fourth-order valence-corrected chi connectivity index (χ4v) is 5.33. The standard InChI is InChI=1S/C26H28N4O2S/c1-18-6-8-22(9-7-18)27-26-28-23(17-33-26)25(32)29-13-11-20(12-14-29)24(31)30-15-10-19-4-2-3-5-21(19)16-30/h2-9,17,20H,10-16H2,1H3,(H,27,28). The number of anilines is 2. The van der Waals surface area contributed by atoms with E-state index in [1.165, 1.54) is 28.0 Å². The molecule has 1 fully saturated rings. The molecule has 0 bridgehead atoms. The maximum Gasteiger partial charge on any atom is 0.273 e. The summed E-state index contributed by atoms with van der Waals surface area (Å²) >= 11 is 1.43. The minimum atomic E-state index is -0.0546. The fraction of sp³-hybridized carbons (Fsp3) is 0.346. The van der Waals surface area contributed by atoms with Crippen molar-refractivity contribution in [3.05, 3.63) is 76.3 Å². The van der Waals surface area contributed by atoms with Gasteiger partial charge in [-0.2, -0.15) is 0 Å². The maximum atomic E-state index is 13.1. The lowest BCUT2D eigenvalue weighted by Crippen LogP contribution is -2.45. The summed E-state index contributed by atoms with van der Waals surface area (Å²) in [4.78, 5) is 34.4. The Morgan fingerprint density at radius 1 is 0.970 bits per heavy atom. The van der Waals surface area contributed by atoms with Crippen LogP contribution >= 0.6 is 11.3 Å². The number of thiazole rings is 1. The van der Waals surface area contributed by atoms with E-state index in [1.807, 2.05) is 47.1 Å². The zero-order valence-corrected chi connectivity index (χ0v) is 19.6. The molecule has 2 aromatic carbocycles. The minimum Gasteiger partial charge on any atom is -0.338 e. The van der Waals surface area contributed by atoms with E-state index in [-0.39, 0.29) is 17.7 Å². The number of carbonyl (C=O) groups is 2. The molecule has 2 aliphatic rings. The first-order valence-corrected chi connectivity index (χ1v) is 12.4. The van der Waals surface area contributed by atoms with Gasteiger partial charge in [-0.3, -0.25) is 9.59 Å². The van der Waals surface area contributed by atoms with Crippen molar-refractivity contribution in [1.82, 2.24) is 14.8 Å². The van der Waals surface area contributed by atoms with E-state index >= 15 is 0 Å². The van der Waals surface area contributed by atoms with Gasteiger partial charge in [-0.05, 0) is 49.4 Å². The first-order valence-electron chi connectivity index (χ1n) is 11.5. The van der Waals surface area contributed by atoms with Crippen molar-refractivity contribution >= 4 is 34.0 Å². The highest BCUT2D eigenvalue weighted by molar-refractivity contribution is 7.14. The highest BCUT2D eigenvalue weighted by Gasteiger charge is 2.32. The number of carbonyl (C=O) groups excluding carboxylic acids is 2. The summed E-state index contributed by atoms with van der Waals surface area (Å²) in [6.07, 6.45) is 2.34. The van der Waals surface area contributed by atoms with E-state index in [0.717, 1.165) is 18.7 Å². The molecule has 6 nitrogen and oxygen atoms in total. The number of likely N-dealkylation sites (tertiary alicyclic amines) is 1. The van der Waals surface area contributed by atoms with E-state index in [2.05, 4.69) is 28.5 Å². The number of fused-ring (bicyclic) bond motifs is 1. The summed E-state index contributed by atoms with van der Waals surface area (Å²) in [6, 6.07) is 16.4. The number of aryl methyl sites for hydroxylation is 1. The molecule has 0 saturated carbocycles. The van der Waals surface area contributed by atoms with Crippen LogP contribution in [0, 0.1) is 12.8 Å². The van der Waals surface area contributed by atoms with Crippen LogP contribution in [0.1, 0.15) is 40.0 Å². The number of hydrogen-bond acceptors (Lipinski definition) is 5. The van der Waals surface area contributed by atoms with Gasteiger partial charge in [0.25, 0.3) is 5.91 Å². The number of rotatable bonds is 4. The van der Waals surface area contributed by atoms with Gasteiger partial charge in [0.15, 0.2) is 5.13 Å². The molecule has 5 rings (SSSR count). The number of nitrogens with zero attached hydrogens (tertiary/aromatic N) is 3. The Hall–Kier alpha value is -3.19. The lowest BCUT2D eigenvalue weighted by atomic mass is 9.93. The number of benzene rings is 2. The van der Waals surface area contributed by atoms with Gasteiger partial charge in [0, 0.05) is 43.2 Å². The summed E-state index contributed by atoms with van der Waals surface area (Å²) in [7, 11) is 0. The molecule has 1 aromatic heterocycles. The summed E-state index contributed by atoms with van der Waals surface area (Å²) in [5.41, 5.74) is 5.22. The average Bonchev–Trinajstić information content (AvgIpc) is 3.33. The lowest BCUT2D eigenvalue weighted by molar-refractivity contribution is -0.137. The second-order valence-electron chi connectivity index (χ2n) is 8.87. The molecule has 3 heterocycles. The number of amides is 2. The van der Waals surface area contributed by atoms with Gasteiger partial charge < -0.3 is 15.1 Å². The smallest absolute Gasteiger partial charge is 0.273 e. The molecule has 2 aliphatic heterocycles. The first-order chi connectivity index (χ1) is 16.1. The average molecular weight is 461 g/mol. The van der Waals surface area contributed by atoms with E-state index in [9.17, 15) is 9.59 Å². The van der Waals surface area contributed by atoms with Gasteiger partial charge in [-0.25, -0.2) is 4.98 Å². The first kappa shape index (κ1) is 21.6. The fourth-order valence-electron chi connectivity index (χ4n) is 4.62. The molecular formula is C26H28N4O2S. The summed E-state index contributed by atoms with van der Waals surface area (Å²) in [6.45, 7) is 4.72. The molecule has 1 saturated heterocycles. The van der Waals surface area contributed by atoms with Crippen molar-refractivity contribution in [1.29, 1.82) is 0 Å². The van der Waals surface area contributed by atoms with E-state index in [4.69, 9.17) is 0 Å².